The molecule has 0 atom stereocenters. The summed E-state index contributed by atoms with van der Waals surface area (Å²) in [5.74, 6) is 0. The molecule has 0 N–H and O–H groups in total. The predicted molar refractivity (Wildman–Crippen MR) is 64.3 cm³/mol. The molecule has 3 heteroatoms. The van der Waals surface area contributed by atoms with E-state index in [9.17, 15) is 4.79 Å². The molecule has 1 aromatic heterocycles. The van der Waals surface area contributed by atoms with Crippen LogP contribution in [0, 0.1) is 0 Å². The molecule has 3 nitrogen and oxygen atoms in total. The van der Waals surface area contributed by atoms with Gasteiger partial charge >= 0.3 is 5.69 Å². The van der Waals surface area contributed by atoms with Crippen LogP contribution in [-0.2, 0) is 0 Å². The summed E-state index contributed by atoms with van der Waals surface area (Å²) in [5.41, 5.74) is 1.84. The predicted octanol–water partition coefficient (Wildman–Crippen LogP) is 2.49. The molecule has 82 valence electrons. The summed E-state index contributed by atoms with van der Waals surface area (Å²) in [6, 6.07) is 10.1. The molecular weight excluding hydrogens is 200 g/mol. The van der Waals surface area contributed by atoms with Crippen molar-refractivity contribution in [1.29, 1.82) is 0 Å². The second kappa shape index (κ2) is 4.31. The van der Waals surface area contributed by atoms with Gasteiger partial charge in [0.1, 0.15) is 0 Å². The minimum Gasteiger partial charge on any atom is -0.296 e. The van der Waals surface area contributed by atoms with Gasteiger partial charge in [0.25, 0.3) is 0 Å². The highest BCUT2D eigenvalue weighted by atomic mass is 16.1. The minimum atomic E-state index is -0.199. The van der Waals surface area contributed by atoms with E-state index in [4.69, 9.17) is 0 Å². The second-order valence-corrected chi connectivity index (χ2v) is 3.99. The zero-order valence-electron chi connectivity index (χ0n) is 9.42. The zero-order valence-corrected chi connectivity index (χ0v) is 9.42. The highest BCUT2D eigenvalue weighted by molar-refractivity contribution is 5.60. The lowest BCUT2D eigenvalue weighted by Crippen LogP contribution is -2.23. The Bertz CT molecular complexity index is 529. The standard InChI is InChI=1S/C13H14N2O/c1-10(2)15-9-12(8-14-13(15)16)11-6-4-3-5-7-11/h3-10H,1-2H3. The molecule has 0 fully saturated rings. The molecule has 0 unspecified atom stereocenters. The number of rotatable bonds is 2. The van der Waals surface area contributed by atoms with Crippen LogP contribution < -0.4 is 5.69 Å². The maximum atomic E-state index is 11.5. The highest BCUT2D eigenvalue weighted by Crippen LogP contribution is 2.17. The quantitative estimate of drug-likeness (QED) is 0.769. The Labute approximate surface area is 94.4 Å². The van der Waals surface area contributed by atoms with Crippen molar-refractivity contribution in [3.63, 3.8) is 0 Å². The molecule has 0 aliphatic carbocycles. The van der Waals surface area contributed by atoms with Crippen molar-refractivity contribution in [2.24, 2.45) is 0 Å². The number of hydrogen-bond acceptors (Lipinski definition) is 2. The van der Waals surface area contributed by atoms with Crippen molar-refractivity contribution in [3.05, 3.63) is 53.2 Å². The van der Waals surface area contributed by atoms with E-state index in [0.717, 1.165) is 11.1 Å². The van der Waals surface area contributed by atoms with Crippen LogP contribution in [0.3, 0.4) is 0 Å². The SMILES string of the molecule is CC(C)n1cc(-c2ccccc2)cnc1=O. The first kappa shape index (κ1) is 10.6. The Morgan fingerprint density at radius 3 is 2.44 bits per heavy atom. The Kier molecular flexibility index (Phi) is 2.86. The van der Waals surface area contributed by atoms with Gasteiger partial charge in [-0.1, -0.05) is 30.3 Å². The number of aromatic nitrogens is 2. The molecule has 0 saturated heterocycles. The maximum absolute atomic E-state index is 11.5. The molecule has 0 spiro atoms. The Morgan fingerprint density at radius 2 is 1.81 bits per heavy atom. The third kappa shape index (κ3) is 2.03. The summed E-state index contributed by atoms with van der Waals surface area (Å²) >= 11 is 0. The van der Waals surface area contributed by atoms with Gasteiger partial charge in [-0.25, -0.2) is 9.78 Å². The van der Waals surface area contributed by atoms with Crippen LogP contribution in [0.5, 0.6) is 0 Å². The van der Waals surface area contributed by atoms with Crippen LogP contribution in [-0.4, -0.2) is 9.55 Å². The lowest BCUT2D eigenvalue weighted by molar-refractivity contribution is 0.564. The topological polar surface area (TPSA) is 34.9 Å². The van der Waals surface area contributed by atoms with Crippen LogP contribution >= 0.6 is 0 Å². The molecule has 0 aliphatic heterocycles. The van der Waals surface area contributed by atoms with Gasteiger partial charge in [-0.2, -0.15) is 0 Å². The van der Waals surface area contributed by atoms with Crippen molar-refractivity contribution in [2.45, 2.75) is 19.9 Å². The smallest absolute Gasteiger partial charge is 0.296 e. The van der Waals surface area contributed by atoms with Crippen LogP contribution in [0.4, 0.5) is 0 Å². The summed E-state index contributed by atoms with van der Waals surface area (Å²) in [6.45, 7) is 3.94. The van der Waals surface area contributed by atoms with Gasteiger partial charge in [-0.15, -0.1) is 0 Å². The first-order valence-corrected chi connectivity index (χ1v) is 5.32. The van der Waals surface area contributed by atoms with E-state index in [0.29, 0.717) is 0 Å². The van der Waals surface area contributed by atoms with Crippen molar-refractivity contribution < 1.29 is 0 Å². The van der Waals surface area contributed by atoms with Gasteiger partial charge in [-0.3, -0.25) is 4.57 Å². The average Bonchev–Trinajstić information content (AvgIpc) is 2.30. The summed E-state index contributed by atoms with van der Waals surface area (Å²) in [6.07, 6.45) is 3.48. The maximum Gasteiger partial charge on any atom is 0.347 e. The molecule has 16 heavy (non-hydrogen) atoms. The Morgan fingerprint density at radius 1 is 1.12 bits per heavy atom. The molecule has 2 rings (SSSR count). The fraction of sp³-hybridized carbons (Fsp3) is 0.231. The highest BCUT2D eigenvalue weighted by Gasteiger charge is 2.04. The van der Waals surface area contributed by atoms with Gasteiger partial charge in [-0.05, 0) is 19.4 Å². The van der Waals surface area contributed by atoms with E-state index < -0.39 is 0 Å². The lowest BCUT2D eigenvalue weighted by Gasteiger charge is -2.10. The molecule has 0 amide bonds. The number of hydrogen-bond donors (Lipinski definition) is 0. The van der Waals surface area contributed by atoms with Crippen LogP contribution in [0.25, 0.3) is 11.1 Å². The van der Waals surface area contributed by atoms with E-state index in [1.54, 1.807) is 10.8 Å². The summed E-state index contributed by atoms with van der Waals surface area (Å²) in [7, 11) is 0. The van der Waals surface area contributed by atoms with E-state index in [2.05, 4.69) is 4.98 Å². The Balaban J connectivity index is 2.52. The third-order valence-electron chi connectivity index (χ3n) is 2.48. The Hall–Kier alpha value is -1.90. The van der Waals surface area contributed by atoms with Crippen molar-refractivity contribution in [2.75, 3.05) is 0 Å². The van der Waals surface area contributed by atoms with Gasteiger partial charge in [0.2, 0.25) is 0 Å². The van der Waals surface area contributed by atoms with E-state index in [1.807, 2.05) is 50.4 Å². The number of benzene rings is 1. The van der Waals surface area contributed by atoms with Crippen LogP contribution in [0.1, 0.15) is 19.9 Å². The van der Waals surface area contributed by atoms with Crippen LogP contribution in [0.15, 0.2) is 47.5 Å². The molecule has 0 bridgehead atoms. The largest absolute Gasteiger partial charge is 0.347 e. The lowest BCUT2D eigenvalue weighted by atomic mass is 10.1. The molecule has 0 saturated carbocycles. The fourth-order valence-corrected chi connectivity index (χ4v) is 1.58. The van der Waals surface area contributed by atoms with E-state index >= 15 is 0 Å². The first-order chi connectivity index (χ1) is 7.68. The minimum absolute atomic E-state index is 0.128. The molecule has 2 aromatic rings. The van der Waals surface area contributed by atoms with Crippen molar-refractivity contribution in [1.82, 2.24) is 9.55 Å². The van der Waals surface area contributed by atoms with Gasteiger partial charge in [0.15, 0.2) is 0 Å². The normalized spacial score (nSPS) is 10.7. The summed E-state index contributed by atoms with van der Waals surface area (Å²) in [4.78, 5) is 15.4. The van der Waals surface area contributed by atoms with Gasteiger partial charge in [0.05, 0.1) is 0 Å². The zero-order chi connectivity index (χ0) is 11.5. The molecule has 0 aliphatic rings. The second-order valence-electron chi connectivity index (χ2n) is 3.99. The fourth-order valence-electron chi connectivity index (χ4n) is 1.58. The van der Waals surface area contributed by atoms with Crippen LogP contribution in [0.2, 0.25) is 0 Å². The molecule has 1 heterocycles. The number of nitrogens with zero attached hydrogens (tertiary/aromatic N) is 2. The van der Waals surface area contributed by atoms with Gasteiger partial charge in [0, 0.05) is 24.0 Å². The molecular formula is C13H14N2O. The third-order valence-corrected chi connectivity index (χ3v) is 2.48. The van der Waals surface area contributed by atoms with Crippen molar-refractivity contribution >= 4 is 0 Å². The van der Waals surface area contributed by atoms with Crippen molar-refractivity contribution in [3.8, 4) is 11.1 Å². The average molecular weight is 214 g/mol. The van der Waals surface area contributed by atoms with Gasteiger partial charge < -0.3 is 0 Å². The first-order valence-electron chi connectivity index (χ1n) is 5.32. The van der Waals surface area contributed by atoms with E-state index in [1.165, 1.54) is 0 Å². The molecule has 1 aromatic carbocycles. The summed E-state index contributed by atoms with van der Waals surface area (Å²) < 4.78 is 1.64. The molecule has 0 radical (unpaired) electrons. The summed E-state index contributed by atoms with van der Waals surface area (Å²) in [5, 5.41) is 0. The monoisotopic (exact) mass is 214 g/mol. The van der Waals surface area contributed by atoms with E-state index in [-0.39, 0.29) is 11.7 Å².